The second-order valence-electron chi connectivity index (χ2n) is 9.27. The fraction of sp³-hybridized carbons (Fsp3) is 0.609. The molecule has 0 aliphatic carbocycles. The van der Waals surface area contributed by atoms with Crippen molar-refractivity contribution in [2.45, 2.75) is 57.7 Å². The van der Waals surface area contributed by atoms with Crippen LogP contribution in [0.25, 0.3) is 0 Å². The molecule has 7 nitrogen and oxygen atoms in total. The molecule has 0 unspecified atom stereocenters. The van der Waals surface area contributed by atoms with E-state index in [1.54, 1.807) is 17.0 Å². The lowest BCUT2D eigenvalue weighted by Crippen LogP contribution is -2.56. The van der Waals surface area contributed by atoms with Gasteiger partial charge in [-0.25, -0.2) is 9.18 Å². The molecule has 0 bridgehead atoms. The van der Waals surface area contributed by atoms with Gasteiger partial charge in [-0.15, -0.1) is 0 Å². The molecule has 4 amide bonds. The monoisotopic (exact) mass is 430 g/mol. The molecule has 3 saturated heterocycles. The van der Waals surface area contributed by atoms with Gasteiger partial charge < -0.3 is 10.2 Å². The van der Waals surface area contributed by atoms with E-state index in [0.29, 0.717) is 64.0 Å². The molecule has 0 saturated carbocycles. The van der Waals surface area contributed by atoms with E-state index >= 15 is 0 Å². The van der Waals surface area contributed by atoms with Gasteiger partial charge in [-0.3, -0.25) is 19.4 Å². The number of carbonyl (C=O) groups excluding carboxylic acids is 3. The maximum Gasteiger partial charge on any atom is 0.325 e. The highest BCUT2D eigenvalue weighted by atomic mass is 19.1. The van der Waals surface area contributed by atoms with Crippen molar-refractivity contribution in [3.8, 4) is 0 Å². The molecule has 1 N–H and O–H groups in total. The van der Waals surface area contributed by atoms with Crippen LogP contribution in [0.15, 0.2) is 24.3 Å². The lowest BCUT2D eigenvalue weighted by atomic mass is 9.86. The van der Waals surface area contributed by atoms with Gasteiger partial charge in [0, 0.05) is 50.2 Å². The predicted molar refractivity (Wildman–Crippen MR) is 113 cm³/mol. The molecule has 1 aromatic rings. The Kier molecular flexibility index (Phi) is 6.01. The smallest absolute Gasteiger partial charge is 0.325 e. The van der Waals surface area contributed by atoms with Gasteiger partial charge in [0.05, 0.1) is 0 Å². The van der Waals surface area contributed by atoms with Crippen LogP contribution in [-0.2, 0) is 16.1 Å². The molecule has 8 heteroatoms. The van der Waals surface area contributed by atoms with Gasteiger partial charge in [-0.1, -0.05) is 32.0 Å². The zero-order valence-electron chi connectivity index (χ0n) is 18.3. The summed E-state index contributed by atoms with van der Waals surface area (Å²) in [4.78, 5) is 43.7. The number of hydrogen-bond acceptors (Lipinski definition) is 4. The van der Waals surface area contributed by atoms with Crippen LogP contribution in [0.2, 0.25) is 0 Å². The number of amides is 4. The number of urea groups is 1. The van der Waals surface area contributed by atoms with E-state index in [2.05, 4.69) is 10.2 Å². The van der Waals surface area contributed by atoms with Crippen LogP contribution in [0.1, 0.15) is 45.1 Å². The third kappa shape index (κ3) is 4.18. The Morgan fingerprint density at radius 1 is 1.13 bits per heavy atom. The van der Waals surface area contributed by atoms with Crippen LogP contribution in [0.4, 0.5) is 9.18 Å². The standard InChI is InChI=1S/C23H31FN4O3/c1-16(2)20(29)27-13-9-23(10-14-27)21(30)28(22(31)25-23)18-7-11-26(12-8-18)15-17-5-3-4-6-19(17)24/h3-6,16,18H,7-15H2,1-2H3,(H,25,31). The van der Waals surface area contributed by atoms with Crippen molar-refractivity contribution in [3.63, 3.8) is 0 Å². The average molecular weight is 431 g/mol. The van der Waals surface area contributed by atoms with Crippen LogP contribution in [-0.4, -0.2) is 70.3 Å². The van der Waals surface area contributed by atoms with Gasteiger partial charge in [0.2, 0.25) is 5.91 Å². The SMILES string of the molecule is CC(C)C(=O)N1CCC2(CC1)NC(=O)N(C1CCN(Cc3ccccc3F)CC1)C2=O. The largest absolute Gasteiger partial charge is 0.342 e. The minimum absolute atomic E-state index is 0.0750. The summed E-state index contributed by atoms with van der Waals surface area (Å²) in [5, 5.41) is 2.95. The Bertz CT molecular complexity index is 858. The molecule has 31 heavy (non-hydrogen) atoms. The Labute approximate surface area is 182 Å². The average Bonchev–Trinajstić information content (AvgIpc) is 2.99. The quantitative estimate of drug-likeness (QED) is 0.745. The lowest BCUT2D eigenvalue weighted by Gasteiger charge is -2.39. The molecule has 1 aromatic carbocycles. The van der Waals surface area contributed by atoms with Crippen LogP contribution in [0.3, 0.4) is 0 Å². The molecule has 0 radical (unpaired) electrons. The Hall–Kier alpha value is -2.48. The molecular weight excluding hydrogens is 399 g/mol. The fourth-order valence-electron chi connectivity index (χ4n) is 4.99. The minimum atomic E-state index is -0.880. The summed E-state index contributed by atoms with van der Waals surface area (Å²) in [6.45, 7) is 6.66. The van der Waals surface area contributed by atoms with Crippen LogP contribution >= 0.6 is 0 Å². The number of piperidine rings is 2. The van der Waals surface area contributed by atoms with E-state index in [-0.39, 0.29) is 35.6 Å². The number of nitrogens with one attached hydrogen (secondary N) is 1. The van der Waals surface area contributed by atoms with E-state index in [1.165, 1.54) is 11.0 Å². The molecule has 168 valence electrons. The van der Waals surface area contributed by atoms with Crippen molar-refractivity contribution in [3.05, 3.63) is 35.6 Å². The van der Waals surface area contributed by atoms with Crippen molar-refractivity contribution in [1.82, 2.24) is 20.0 Å². The van der Waals surface area contributed by atoms with Crippen molar-refractivity contribution in [1.29, 1.82) is 0 Å². The molecule has 4 rings (SSSR count). The summed E-state index contributed by atoms with van der Waals surface area (Å²) in [5.74, 6) is -0.343. The van der Waals surface area contributed by atoms with E-state index in [0.717, 1.165) is 0 Å². The van der Waals surface area contributed by atoms with Gasteiger partial charge in [0.15, 0.2) is 0 Å². The number of nitrogens with zero attached hydrogens (tertiary/aromatic N) is 3. The number of rotatable bonds is 4. The highest BCUT2D eigenvalue weighted by Gasteiger charge is 2.54. The summed E-state index contributed by atoms with van der Waals surface area (Å²) in [6, 6.07) is 6.31. The lowest BCUT2D eigenvalue weighted by molar-refractivity contribution is -0.141. The molecular formula is C23H31FN4O3. The van der Waals surface area contributed by atoms with Crippen LogP contribution < -0.4 is 5.32 Å². The number of imide groups is 1. The van der Waals surface area contributed by atoms with Crippen molar-refractivity contribution < 1.29 is 18.8 Å². The summed E-state index contributed by atoms with van der Waals surface area (Å²) in [5.41, 5.74) is -0.215. The van der Waals surface area contributed by atoms with Gasteiger partial charge in [0.1, 0.15) is 11.4 Å². The fourth-order valence-corrected chi connectivity index (χ4v) is 4.99. The van der Waals surface area contributed by atoms with E-state index in [1.807, 2.05) is 19.9 Å². The normalized spacial score (nSPS) is 22.5. The maximum absolute atomic E-state index is 13.9. The first-order chi connectivity index (χ1) is 14.8. The third-order valence-corrected chi connectivity index (χ3v) is 6.89. The van der Waals surface area contributed by atoms with Crippen LogP contribution in [0, 0.1) is 11.7 Å². The maximum atomic E-state index is 13.9. The molecule has 3 aliphatic heterocycles. The molecule has 0 aromatic heterocycles. The van der Waals surface area contributed by atoms with E-state index < -0.39 is 5.54 Å². The first-order valence-electron chi connectivity index (χ1n) is 11.2. The summed E-state index contributed by atoms with van der Waals surface area (Å²) in [7, 11) is 0. The molecule has 1 spiro atoms. The van der Waals surface area contributed by atoms with E-state index in [4.69, 9.17) is 0 Å². The highest BCUT2D eigenvalue weighted by Crippen LogP contribution is 2.33. The summed E-state index contributed by atoms with van der Waals surface area (Å²) < 4.78 is 13.9. The van der Waals surface area contributed by atoms with Crippen molar-refractivity contribution >= 4 is 17.8 Å². The molecule has 0 atom stereocenters. The van der Waals surface area contributed by atoms with E-state index in [9.17, 15) is 18.8 Å². The topological polar surface area (TPSA) is 73.0 Å². The Morgan fingerprint density at radius 2 is 1.77 bits per heavy atom. The number of likely N-dealkylation sites (tertiary alicyclic amines) is 2. The number of hydrogen-bond donors (Lipinski definition) is 1. The minimum Gasteiger partial charge on any atom is -0.342 e. The van der Waals surface area contributed by atoms with Crippen molar-refractivity contribution in [2.75, 3.05) is 26.2 Å². The predicted octanol–water partition coefficient (Wildman–Crippen LogP) is 2.36. The van der Waals surface area contributed by atoms with Crippen molar-refractivity contribution in [2.24, 2.45) is 5.92 Å². The van der Waals surface area contributed by atoms with Gasteiger partial charge in [-0.2, -0.15) is 0 Å². The van der Waals surface area contributed by atoms with Gasteiger partial charge in [-0.05, 0) is 31.7 Å². The number of halogens is 1. The van der Waals surface area contributed by atoms with Crippen LogP contribution in [0.5, 0.6) is 0 Å². The molecule has 3 aliphatic rings. The zero-order valence-corrected chi connectivity index (χ0v) is 18.3. The highest BCUT2D eigenvalue weighted by molar-refractivity contribution is 6.07. The summed E-state index contributed by atoms with van der Waals surface area (Å²) >= 11 is 0. The second kappa shape index (κ2) is 8.57. The zero-order chi connectivity index (χ0) is 22.2. The summed E-state index contributed by atoms with van der Waals surface area (Å²) in [6.07, 6.45) is 2.28. The number of carbonyl (C=O) groups is 3. The van der Waals surface area contributed by atoms with Gasteiger partial charge in [0.25, 0.3) is 5.91 Å². The Balaban J connectivity index is 1.35. The first kappa shape index (κ1) is 21.7. The second-order valence-corrected chi connectivity index (χ2v) is 9.27. The number of benzene rings is 1. The first-order valence-corrected chi connectivity index (χ1v) is 11.2. The van der Waals surface area contributed by atoms with Gasteiger partial charge >= 0.3 is 6.03 Å². The Morgan fingerprint density at radius 3 is 2.39 bits per heavy atom. The third-order valence-electron chi connectivity index (χ3n) is 6.89. The molecule has 3 fully saturated rings. The molecule has 3 heterocycles.